The normalized spacial score (nSPS) is 12.1. The van der Waals surface area contributed by atoms with E-state index in [1.807, 2.05) is 24.3 Å². The summed E-state index contributed by atoms with van der Waals surface area (Å²) in [4.78, 5) is 0. The molecule has 0 aromatic heterocycles. The molecule has 0 radical (unpaired) electrons. The van der Waals surface area contributed by atoms with Gasteiger partial charge in [-0.1, -0.05) is 12.1 Å². The number of sulfonamides is 1. The number of hydrogen-bond acceptors (Lipinski definition) is 3. The van der Waals surface area contributed by atoms with E-state index in [-0.39, 0.29) is 0 Å². The summed E-state index contributed by atoms with van der Waals surface area (Å²) in [5, 5.41) is -0.405. The molecule has 0 heterocycles. The molecule has 0 saturated heterocycles. The van der Waals surface area contributed by atoms with E-state index in [0.29, 0.717) is 6.54 Å². The molecule has 1 aromatic rings. The monoisotopic (exact) mass is 257 g/mol. The topological polar surface area (TPSA) is 46.6 Å². The highest BCUT2D eigenvalue weighted by Gasteiger charge is 2.22. The van der Waals surface area contributed by atoms with Crippen molar-refractivity contribution in [2.45, 2.75) is 25.6 Å². The van der Waals surface area contributed by atoms with Crippen LogP contribution in [-0.4, -0.2) is 32.1 Å². The smallest absolute Gasteiger partial charge is 0.216 e. The Morgan fingerprint density at radius 1 is 1.35 bits per heavy atom. The summed E-state index contributed by atoms with van der Waals surface area (Å²) in [5.41, 5.74) is 0.913. The highest BCUT2D eigenvalue weighted by molar-refractivity contribution is 7.89. The van der Waals surface area contributed by atoms with E-state index < -0.39 is 15.3 Å². The van der Waals surface area contributed by atoms with Gasteiger partial charge < -0.3 is 4.74 Å². The number of ether oxygens (including phenoxy) is 1. The van der Waals surface area contributed by atoms with Gasteiger partial charge in [0.15, 0.2) is 0 Å². The maximum atomic E-state index is 11.9. The second kappa shape index (κ2) is 5.51. The number of rotatable bonds is 5. The SMILES string of the molecule is COc1cccc(CN(C)S(=O)(=O)C(C)C)c1. The molecule has 0 N–H and O–H groups in total. The summed E-state index contributed by atoms with van der Waals surface area (Å²) >= 11 is 0. The van der Waals surface area contributed by atoms with Crippen molar-refractivity contribution in [3.8, 4) is 5.75 Å². The van der Waals surface area contributed by atoms with Crippen LogP contribution in [0.15, 0.2) is 24.3 Å². The maximum absolute atomic E-state index is 11.9. The summed E-state index contributed by atoms with van der Waals surface area (Å²) in [7, 11) is -0.0191. The molecule has 0 saturated carbocycles. The Bertz CT molecular complexity index is 468. The van der Waals surface area contributed by atoms with Gasteiger partial charge in [0.2, 0.25) is 10.0 Å². The van der Waals surface area contributed by atoms with Gasteiger partial charge in [0.1, 0.15) is 5.75 Å². The molecule has 0 aliphatic rings. The lowest BCUT2D eigenvalue weighted by Gasteiger charge is -2.19. The third kappa shape index (κ3) is 3.44. The van der Waals surface area contributed by atoms with Gasteiger partial charge in [0.05, 0.1) is 12.4 Å². The number of hydrogen-bond donors (Lipinski definition) is 0. The summed E-state index contributed by atoms with van der Waals surface area (Å²) in [6.45, 7) is 3.71. The Hall–Kier alpha value is -1.07. The maximum Gasteiger partial charge on any atom is 0.216 e. The molecule has 1 rings (SSSR count). The first-order chi connectivity index (χ1) is 7.87. The van der Waals surface area contributed by atoms with Crippen molar-refractivity contribution in [3.63, 3.8) is 0 Å². The molecular weight excluding hydrogens is 238 g/mol. The molecule has 4 nitrogen and oxygen atoms in total. The number of methoxy groups -OCH3 is 1. The zero-order valence-electron chi connectivity index (χ0n) is 10.7. The fourth-order valence-electron chi connectivity index (χ4n) is 1.48. The van der Waals surface area contributed by atoms with E-state index in [1.165, 1.54) is 4.31 Å². The third-order valence-corrected chi connectivity index (χ3v) is 4.76. The highest BCUT2D eigenvalue weighted by Crippen LogP contribution is 2.16. The minimum atomic E-state index is -3.20. The van der Waals surface area contributed by atoms with Gasteiger partial charge in [-0.3, -0.25) is 0 Å². The van der Waals surface area contributed by atoms with E-state index in [1.54, 1.807) is 28.0 Å². The predicted octanol–water partition coefficient (Wildman–Crippen LogP) is 1.87. The molecule has 1 aromatic carbocycles. The van der Waals surface area contributed by atoms with Crippen LogP contribution in [0.3, 0.4) is 0 Å². The lowest BCUT2D eigenvalue weighted by Crippen LogP contribution is -2.32. The van der Waals surface area contributed by atoms with Crippen molar-refractivity contribution < 1.29 is 13.2 Å². The van der Waals surface area contributed by atoms with Crippen LogP contribution in [0.5, 0.6) is 5.75 Å². The standard InChI is InChI=1S/C12H19NO3S/c1-10(2)17(14,15)13(3)9-11-6-5-7-12(8-11)16-4/h5-8,10H,9H2,1-4H3. The molecular formula is C12H19NO3S. The fraction of sp³-hybridized carbons (Fsp3) is 0.500. The van der Waals surface area contributed by atoms with Crippen LogP contribution >= 0.6 is 0 Å². The number of nitrogens with zero attached hydrogens (tertiary/aromatic N) is 1. The molecule has 0 aliphatic carbocycles. The van der Waals surface area contributed by atoms with Gasteiger partial charge in [0, 0.05) is 13.6 Å². The molecule has 96 valence electrons. The van der Waals surface area contributed by atoms with Crippen molar-refractivity contribution >= 4 is 10.0 Å². The minimum absolute atomic E-state index is 0.359. The van der Waals surface area contributed by atoms with Crippen LogP contribution in [-0.2, 0) is 16.6 Å². The second-order valence-corrected chi connectivity index (χ2v) is 6.80. The third-order valence-electron chi connectivity index (χ3n) is 2.57. The van der Waals surface area contributed by atoms with Gasteiger partial charge in [-0.15, -0.1) is 0 Å². The van der Waals surface area contributed by atoms with Gasteiger partial charge in [0.25, 0.3) is 0 Å². The first-order valence-electron chi connectivity index (χ1n) is 5.46. The van der Waals surface area contributed by atoms with E-state index in [0.717, 1.165) is 11.3 Å². The van der Waals surface area contributed by atoms with Gasteiger partial charge in [-0.2, -0.15) is 0 Å². The molecule has 0 amide bonds. The molecule has 5 heteroatoms. The summed E-state index contributed by atoms with van der Waals surface area (Å²) in [5.74, 6) is 0.734. The zero-order chi connectivity index (χ0) is 13.1. The van der Waals surface area contributed by atoms with Crippen molar-refractivity contribution in [1.82, 2.24) is 4.31 Å². The van der Waals surface area contributed by atoms with Crippen molar-refractivity contribution in [1.29, 1.82) is 0 Å². The Labute approximate surface area is 103 Å². The number of benzene rings is 1. The van der Waals surface area contributed by atoms with Crippen LogP contribution in [0.2, 0.25) is 0 Å². The first-order valence-corrected chi connectivity index (χ1v) is 6.96. The van der Waals surface area contributed by atoms with E-state index >= 15 is 0 Å². The van der Waals surface area contributed by atoms with Crippen molar-refractivity contribution in [3.05, 3.63) is 29.8 Å². The predicted molar refractivity (Wildman–Crippen MR) is 68.5 cm³/mol. The van der Waals surface area contributed by atoms with Crippen LogP contribution in [0.1, 0.15) is 19.4 Å². The molecule has 0 spiro atoms. The Morgan fingerprint density at radius 3 is 2.53 bits per heavy atom. The van der Waals surface area contributed by atoms with E-state index in [2.05, 4.69) is 0 Å². The van der Waals surface area contributed by atoms with Gasteiger partial charge >= 0.3 is 0 Å². The Morgan fingerprint density at radius 2 is 2.00 bits per heavy atom. The molecule has 0 bridgehead atoms. The Balaban J connectivity index is 2.84. The second-order valence-electron chi connectivity index (χ2n) is 4.20. The highest BCUT2D eigenvalue weighted by atomic mass is 32.2. The van der Waals surface area contributed by atoms with Gasteiger partial charge in [-0.05, 0) is 31.5 Å². The zero-order valence-corrected chi connectivity index (χ0v) is 11.5. The quantitative estimate of drug-likeness (QED) is 0.809. The van der Waals surface area contributed by atoms with E-state index in [4.69, 9.17) is 4.74 Å². The van der Waals surface area contributed by atoms with Crippen LogP contribution in [0, 0.1) is 0 Å². The summed E-state index contributed by atoms with van der Waals surface area (Å²) in [6, 6.07) is 7.41. The minimum Gasteiger partial charge on any atom is -0.497 e. The van der Waals surface area contributed by atoms with E-state index in [9.17, 15) is 8.42 Å². The Kier molecular flexibility index (Phi) is 4.54. The molecule has 0 atom stereocenters. The average molecular weight is 257 g/mol. The first kappa shape index (κ1) is 14.0. The molecule has 0 unspecified atom stereocenters. The van der Waals surface area contributed by atoms with Crippen LogP contribution in [0.4, 0.5) is 0 Å². The van der Waals surface area contributed by atoms with Crippen molar-refractivity contribution in [2.24, 2.45) is 0 Å². The lowest BCUT2D eigenvalue weighted by atomic mass is 10.2. The average Bonchev–Trinajstić information content (AvgIpc) is 2.29. The van der Waals surface area contributed by atoms with Crippen LogP contribution < -0.4 is 4.74 Å². The molecule has 17 heavy (non-hydrogen) atoms. The van der Waals surface area contributed by atoms with Crippen molar-refractivity contribution in [2.75, 3.05) is 14.2 Å². The summed E-state index contributed by atoms with van der Waals surface area (Å²) in [6.07, 6.45) is 0. The molecule has 0 fully saturated rings. The van der Waals surface area contributed by atoms with Gasteiger partial charge in [-0.25, -0.2) is 12.7 Å². The summed E-state index contributed by atoms with van der Waals surface area (Å²) < 4.78 is 30.2. The molecule has 0 aliphatic heterocycles. The fourth-order valence-corrected chi connectivity index (χ4v) is 2.53. The largest absolute Gasteiger partial charge is 0.497 e. The van der Waals surface area contributed by atoms with Crippen LogP contribution in [0.25, 0.3) is 0 Å². The lowest BCUT2D eigenvalue weighted by molar-refractivity contribution is 0.412.